The van der Waals surface area contributed by atoms with Crippen LogP contribution in [0.4, 0.5) is 0 Å². The molecule has 1 saturated heterocycles. The molecule has 1 aromatic carbocycles. The van der Waals surface area contributed by atoms with Gasteiger partial charge in [-0.05, 0) is 63.4 Å². The van der Waals surface area contributed by atoms with Gasteiger partial charge in [-0.15, -0.1) is 0 Å². The second-order valence-electron chi connectivity index (χ2n) is 6.60. The van der Waals surface area contributed by atoms with Crippen LogP contribution in [0, 0.1) is 0 Å². The molecule has 6 heteroatoms. The number of nitrogens with zero attached hydrogens (tertiary/aromatic N) is 2. The van der Waals surface area contributed by atoms with Gasteiger partial charge in [0.2, 0.25) is 0 Å². The highest BCUT2D eigenvalue weighted by Crippen LogP contribution is 2.26. The van der Waals surface area contributed by atoms with E-state index >= 15 is 0 Å². The van der Waals surface area contributed by atoms with Crippen molar-refractivity contribution in [3.63, 3.8) is 0 Å². The van der Waals surface area contributed by atoms with Crippen LogP contribution in [0.3, 0.4) is 0 Å². The fourth-order valence-electron chi connectivity index (χ4n) is 3.32. The molecule has 2 N–H and O–H groups in total. The number of hydrogen-bond donors (Lipinski definition) is 2. The highest BCUT2D eigenvalue weighted by atomic mass is 35.5. The maximum absolute atomic E-state index is 6.22. The van der Waals surface area contributed by atoms with Crippen molar-refractivity contribution in [1.29, 1.82) is 0 Å². The molecule has 2 rings (SSSR count). The highest BCUT2D eigenvalue weighted by Gasteiger charge is 2.23. The molecule has 1 aromatic rings. The molecule has 0 amide bonds. The Kier molecular flexibility index (Phi) is 9.82. The molecular weight excluding hydrogens is 348 g/mol. The summed E-state index contributed by atoms with van der Waals surface area (Å²) in [5, 5.41) is 7.68. The van der Waals surface area contributed by atoms with Crippen molar-refractivity contribution in [2.24, 2.45) is 4.99 Å². The number of aliphatic imine (C=N–C) groups is 1. The number of benzene rings is 1. The Labute approximate surface area is 163 Å². The van der Waals surface area contributed by atoms with E-state index in [1.54, 1.807) is 0 Å². The number of guanidine groups is 1. The van der Waals surface area contributed by atoms with Crippen molar-refractivity contribution < 1.29 is 4.74 Å². The normalized spacial score (nSPS) is 16.7. The number of nitrogens with one attached hydrogen (secondary N) is 2. The predicted molar refractivity (Wildman–Crippen MR) is 110 cm³/mol. The summed E-state index contributed by atoms with van der Waals surface area (Å²) < 4.78 is 5.37. The van der Waals surface area contributed by atoms with E-state index in [4.69, 9.17) is 16.3 Å². The molecule has 0 saturated carbocycles. The van der Waals surface area contributed by atoms with Gasteiger partial charge in [-0.2, -0.15) is 0 Å². The van der Waals surface area contributed by atoms with Gasteiger partial charge < -0.3 is 15.4 Å². The van der Waals surface area contributed by atoms with E-state index in [1.807, 2.05) is 26.1 Å². The molecule has 1 aliphatic heterocycles. The van der Waals surface area contributed by atoms with Crippen molar-refractivity contribution in [3.05, 3.63) is 34.9 Å². The number of halogens is 1. The van der Waals surface area contributed by atoms with Crippen molar-refractivity contribution in [2.45, 2.75) is 38.6 Å². The lowest BCUT2D eigenvalue weighted by Gasteiger charge is -2.29. The third-order valence-corrected chi connectivity index (χ3v) is 4.95. The SMILES string of the molecule is CCOCCCCNC(=NC)NCC(c1cccc(Cl)c1)N1CCCC1. The Bertz CT molecular complexity index is 546. The van der Waals surface area contributed by atoms with Gasteiger partial charge in [0.1, 0.15) is 0 Å². The molecule has 1 heterocycles. The maximum atomic E-state index is 6.22. The molecule has 1 unspecified atom stereocenters. The van der Waals surface area contributed by atoms with Gasteiger partial charge in [0.15, 0.2) is 5.96 Å². The number of hydrogen-bond acceptors (Lipinski definition) is 3. The summed E-state index contributed by atoms with van der Waals surface area (Å²) in [6.07, 6.45) is 4.68. The zero-order valence-corrected chi connectivity index (χ0v) is 16.9. The minimum absolute atomic E-state index is 0.313. The molecule has 146 valence electrons. The first-order chi connectivity index (χ1) is 12.7. The van der Waals surface area contributed by atoms with Crippen LogP contribution in [-0.4, -0.2) is 57.3 Å². The summed E-state index contributed by atoms with van der Waals surface area (Å²) in [5.41, 5.74) is 1.26. The van der Waals surface area contributed by atoms with Crippen LogP contribution < -0.4 is 10.6 Å². The van der Waals surface area contributed by atoms with Gasteiger partial charge in [-0.1, -0.05) is 23.7 Å². The monoisotopic (exact) mass is 380 g/mol. The second-order valence-corrected chi connectivity index (χ2v) is 7.03. The average molecular weight is 381 g/mol. The third-order valence-electron chi connectivity index (χ3n) is 4.71. The molecule has 1 aliphatic rings. The Hall–Kier alpha value is -1.30. The van der Waals surface area contributed by atoms with Crippen LogP contribution in [-0.2, 0) is 4.74 Å². The summed E-state index contributed by atoms with van der Waals surface area (Å²) in [7, 11) is 1.82. The summed E-state index contributed by atoms with van der Waals surface area (Å²) in [5.74, 6) is 0.854. The molecule has 0 bridgehead atoms. The van der Waals surface area contributed by atoms with E-state index in [-0.39, 0.29) is 0 Å². The van der Waals surface area contributed by atoms with Gasteiger partial charge in [0, 0.05) is 38.4 Å². The predicted octanol–water partition coefficient (Wildman–Crippen LogP) is 3.46. The number of unbranched alkanes of at least 4 members (excludes halogenated alkanes) is 1. The Morgan fingerprint density at radius 1 is 1.27 bits per heavy atom. The Balaban J connectivity index is 1.85. The molecule has 0 aromatic heterocycles. The molecule has 26 heavy (non-hydrogen) atoms. The molecule has 1 fully saturated rings. The Morgan fingerprint density at radius 2 is 2.08 bits per heavy atom. The van der Waals surface area contributed by atoms with E-state index in [1.165, 1.54) is 18.4 Å². The minimum atomic E-state index is 0.313. The van der Waals surface area contributed by atoms with Gasteiger partial charge in [0.25, 0.3) is 0 Å². The van der Waals surface area contributed by atoms with Crippen LogP contribution in [0.2, 0.25) is 5.02 Å². The summed E-state index contributed by atoms with van der Waals surface area (Å²) >= 11 is 6.22. The molecule has 0 spiro atoms. The molecule has 0 aliphatic carbocycles. The van der Waals surface area contributed by atoms with E-state index in [9.17, 15) is 0 Å². The highest BCUT2D eigenvalue weighted by molar-refractivity contribution is 6.30. The third kappa shape index (κ3) is 7.14. The second kappa shape index (κ2) is 12.2. The van der Waals surface area contributed by atoms with Gasteiger partial charge in [-0.25, -0.2) is 0 Å². The lowest BCUT2D eigenvalue weighted by Crippen LogP contribution is -2.43. The fraction of sp³-hybridized carbons (Fsp3) is 0.650. The first-order valence-corrected chi connectivity index (χ1v) is 10.1. The summed E-state index contributed by atoms with van der Waals surface area (Å²) in [4.78, 5) is 6.89. The average Bonchev–Trinajstić information content (AvgIpc) is 3.17. The van der Waals surface area contributed by atoms with Crippen molar-refractivity contribution in [3.8, 4) is 0 Å². The first kappa shape index (κ1) is 21.0. The molecular formula is C20H33ClN4O. The quantitative estimate of drug-likeness (QED) is 0.371. The summed E-state index contributed by atoms with van der Waals surface area (Å²) in [6.45, 7) is 7.65. The fourth-order valence-corrected chi connectivity index (χ4v) is 3.52. The number of ether oxygens (including phenoxy) is 1. The summed E-state index contributed by atoms with van der Waals surface area (Å²) in [6, 6.07) is 8.53. The van der Waals surface area contributed by atoms with E-state index in [0.29, 0.717) is 6.04 Å². The van der Waals surface area contributed by atoms with Gasteiger partial charge in [-0.3, -0.25) is 9.89 Å². The molecule has 0 radical (unpaired) electrons. The van der Waals surface area contributed by atoms with Crippen LogP contribution in [0.15, 0.2) is 29.3 Å². The Morgan fingerprint density at radius 3 is 2.77 bits per heavy atom. The number of likely N-dealkylation sites (tertiary alicyclic amines) is 1. The topological polar surface area (TPSA) is 48.9 Å². The van der Waals surface area contributed by atoms with Crippen LogP contribution in [0.25, 0.3) is 0 Å². The maximum Gasteiger partial charge on any atom is 0.191 e. The van der Waals surface area contributed by atoms with Gasteiger partial charge >= 0.3 is 0 Å². The van der Waals surface area contributed by atoms with Crippen molar-refractivity contribution in [1.82, 2.24) is 15.5 Å². The zero-order valence-electron chi connectivity index (χ0n) is 16.1. The van der Waals surface area contributed by atoms with Crippen LogP contribution >= 0.6 is 11.6 Å². The first-order valence-electron chi connectivity index (χ1n) is 9.76. The van der Waals surface area contributed by atoms with Crippen molar-refractivity contribution in [2.75, 3.05) is 46.4 Å². The van der Waals surface area contributed by atoms with E-state index < -0.39 is 0 Å². The van der Waals surface area contributed by atoms with Crippen LogP contribution in [0.1, 0.15) is 44.2 Å². The minimum Gasteiger partial charge on any atom is -0.382 e. The largest absolute Gasteiger partial charge is 0.382 e. The molecule has 5 nitrogen and oxygen atoms in total. The zero-order chi connectivity index (χ0) is 18.6. The number of rotatable bonds is 10. The van der Waals surface area contributed by atoms with Crippen LogP contribution in [0.5, 0.6) is 0 Å². The van der Waals surface area contributed by atoms with E-state index in [2.05, 4.69) is 32.7 Å². The van der Waals surface area contributed by atoms with Gasteiger partial charge in [0.05, 0.1) is 6.04 Å². The van der Waals surface area contributed by atoms with Crippen molar-refractivity contribution >= 4 is 17.6 Å². The lowest BCUT2D eigenvalue weighted by atomic mass is 10.1. The standard InChI is InChI=1S/C20H33ClN4O/c1-3-26-14-7-4-11-23-20(22-2)24-16-19(25-12-5-6-13-25)17-9-8-10-18(21)15-17/h8-10,15,19H,3-7,11-14,16H2,1-2H3,(H2,22,23,24). The molecule has 1 atom stereocenters. The lowest BCUT2D eigenvalue weighted by molar-refractivity contribution is 0.143. The smallest absolute Gasteiger partial charge is 0.191 e. The van der Waals surface area contributed by atoms with E-state index in [0.717, 1.165) is 63.2 Å².